The van der Waals surface area contributed by atoms with Gasteiger partial charge in [0, 0.05) is 11.6 Å². The first-order valence-electron chi connectivity index (χ1n) is 6.91. The van der Waals surface area contributed by atoms with Crippen LogP contribution in [0.25, 0.3) is 11.1 Å². The molecule has 2 nitrogen and oxygen atoms in total. The fourth-order valence-electron chi connectivity index (χ4n) is 2.61. The lowest BCUT2D eigenvalue weighted by Gasteiger charge is -2.17. The highest BCUT2D eigenvalue weighted by atomic mass is 19.1. The third kappa shape index (κ3) is 2.62. The van der Waals surface area contributed by atoms with Gasteiger partial charge in [0.05, 0.1) is 0 Å². The number of hydrogen-bond acceptors (Lipinski definition) is 2. The molecule has 2 N–H and O–H groups in total. The zero-order chi connectivity index (χ0) is 14.7. The van der Waals surface area contributed by atoms with Gasteiger partial charge in [0.15, 0.2) is 0 Å². The van der Waals surface area contributed by atoms with Gasteiger partial charge in [-0.1, -0.05) is 32.4 Å². The molecule has 106 valence electrons. The van der Waals surface area contributed by atoms with Crippen molar-refractivity contribution in [2.24, 2.45) is 0 Å². The Hall–Kier alpha value is -2.03. The molecule has 2 rings (SSSR count). The van der Waals surface area contributed by atoms with Crippen LogP contribution in [0, 0.1) is 5.82 Å². The lowest BCUT2D eigenvalue weighted by molar-refractivity contribution is 0.445. The van der Waals surface area contributed by atoms with Crippen LogP contribution in [0.5, 0.6) is 11.5 Å². The Kier molecular flexibility index (Phi) is 4.28. The Balaban J connectivity index is 2.67. The Morgan fingerprint density at radius 3 is 2.15 bits per heavy atom. The van der Waals surface area contributed by atoms with Crippen molar-refractivity contribution >= 4 is 0 Å². The summed E-state index contributed by atoms with van der Waals surface area (Å²) in [7, 11) is 0. The fourth-order valence-corrected chi connectivity index (χ4v) is 2.61. The molecule has 0 spiro atoms. The molecule has 0 aromatic heterocycles. The SMILES string of the molecule is CCCc1c(O)cc(O)c(-c2ccc(F)cc2)c1CC. The molecule has 20 heavy (non-hydrogen) atoms. The van der Waals surface area contributed by atoms with Crippen LogP contribution in [-0.4, -0.2) is 10.2 Å². The average Bonchev–Trinajstić information content (AvgIpc) is 2.43. The summed E-state index contributed by atoms with van der Waals surface area (Å²) in [4.78, 5) is 0. The maximum Gasteiger partial charge on any atom is 0.127 e. The molecule has 3 heteroatoms. The maximum absolute atomic E-state index is 13.0. The second kappa shape index (κ2) is 5.95. The van der Waals surface area contributed by atoms with E-state index < -0.39 is 0 Å². The van der Waals surface area contributed by atoms with Crippen LogP contribution in [0.15, 0.2) is 30.3 Å². The molecule has 0 aliphatic carbocycles. The Morgan fingerprint density at radius 1 is 0.950 bits per heavy atom. The van der Waals surface area contributed by atoms with Gasteiger partial charge in [-0.15, -0.1) is 0 Å². The highest BCUT2D eigenvalue weighted by Gasteiger charge is 2.17. The van der Waals surface area contributed by atoms with E-state index in [1.165, 1.54) is 18.2 Å². The number of phenols is 2. The fraction of sp³-hybridized carbons (Fsp3) is 0.294. The number of phenolic OH excluding ortho intramolecular Hbond substituents is 2. The highest BCUT2D eigenvalue weighted by Crippen LogP contribution is 2.40. The standard InChI is InChI=1S/C17H19FO2/c1-3-5-14-13(4-2)17(16(20)10-15(14)19)11-6-8-12(18)9-7-11/h6-10,19-20H,3-5H2,1-2H3. The van der Waals surface area contributed by atoms with E-state index in [-0.39, 0.29) is 17.3 Å². The molecule has 0 unspecified atom stereocenters. The smallest absolute Gasteiger partial charge is 0.127 e. The minimum atomic E-state index is -0.307. The molecule has 2 aromatic carbocycles. The van der Waals surface area contributed by atoms with E-state index in [0.29, 0.717) is 12.0 Å². The lowest BCUT2D eigenvalue weighted by atomic mass is 9.90. The molecular formula is C17H19FO2. The first-order chi connectivity index (χ1) is 9.58. The van der Waals surface area contributed by atoms with Crippen LogP contribution in [0.3, 0.4) is 0 Å². The van der Waals surface area contributed by atoms with E-state index in [1.54, 1.807) is 12.1 Å². The summed E-state index contributed by atoms with van der Waals surface area (Å²) >= 11 is 0. The molecular weight excluding hydrogens is 255 g/mol. The van der Waals surface area contributed by atoms with Crippen molar-refractivity contribution in [1.29, 1.82) is 0 Å². The van der Waals surface area contributed by atoms with Crippen LogP contribution in [0.2, 0.25) is 0 Å². The molecule has 0 amide bonds. The first-order valence-corrected chi connectivity index (χ1v) is 6.91. The van der Waals surface area contributed by atoms with Crippen LogP contribution >= 0.6 is 0 Å². The topological polar surface area (TPSA) is 40.5 Å². The van der Waals surface area contributed by atoms with Crippen molar-refractivity contribution in [3.8, 4) is 22.6 Å². The molecule has 0 fully saturated rings. The van der Waals surface area contributed by atoms with E-state index in [1.807, 2.05) is 13.8 Å². The van der Waals surface area contributed by atoms with Crippen LogP contribution in [0.1, 0.15) is 31.4 Å². The Bertz CT molecular complexity index is 603. The molecule has 2 aromatic rings. The molecule has 0 aliphatic heterocycles. The summed E-state index contributed by atoms with van der Waals surface area (Å²) in [5.74, 6) is -0.142. The normalized spacial score (nSPS) is 10.8. The minimum Gasteiger partial charge on any atom is -0.508 e. The maximum atomic E-state index is 13.0. The summed E-state index contributed by atoms with van der Waals surface area (Å²) < 4.78 is 13.0. The van der Waals surface area contributed by atoms with Gasteiger partial charge in [-0.2, -0.15) is 0 Å². The van der Waals surface area contributed by atoms with Crippen molar-refractivity contribution in [1.82, 2.24) is 0 Å². The molecule has 0 aliphatic rings. The van der Waals surface area contributed by atoms with Gasteiger partial charge in [-0.05, 0) is 41.7 Å². The van der Waals surface area contributed by atoms with Crippen molar-refractivity contribution < 1.29 is 14.6 Å². The van der Waals surface area contributed by atoms with Crippen LogP contribution in [0.4, 0.5) is 4.39 Å². The number of hydrogen-bond donors (Lipinski definition) is 2. The van der Waals surface area contributed by atoms with Gasteiger partial charge >= 0.3 is 0 Å². The average molecular weight is 274 g/mol. The summed E-state index contributed by atoms with van der Waals surface area (Å²) in [5.41, 5.74) is 3.25. The monoisotopic (exact) mass is 274 g/mol. The number of rotatable bonds is 4. The van der Waals surface area contributed by atoms with E-state index >= 15 is 0 Å². The zero-order valence-electron chi connectivity index (χ0n) is 11.8. The Morgan fingerprint density at radius 2 is 1.60 bits per heavy atom. The third-order valence-electron chi connectivity index (χ3n) is 3.49. The minimum absolute atomic E-state index is 0.0332. The van der Waals surface area contributed by atoms with Gasteiger partial charge in [-0.3, -0.25) is 0 Å². The zero-order valence-corrected chi connectivity index (χ0v) is 11.8. The highest BCUT2D eigenvalue weighted by molar-refractivity contribution is 5.76. The third-order valence-corrected chi connectivity index (χ3v) is 3.49. The molecule has 0 saturated heterocycles. The molecule has 0 radical (unpaired) electrons. The molecule has 0 saturated carbocycles. The molecule has 0 bridgehead atoms. The van der Waals surface area contributed by atoms with Crippen molar-refractivity contribution in [2.45, 2.75) is 33.1 Å². The quantitative estimate of drug-likeness (QED) is 0.866. The van der Waals surface area contributed by atoms with E-state index in [4.69, 9.17) is 0 Å². The van der Waals surface area contributed by atoms with E-state index in [2.05, 4.69) is 0 Å². The van der Waals surface area contributed by atoms with Gasteiger partial charge in [0.1, 0.15) is 17.3 Å². The summed E-state index contributed by atoms with van der Waals surface area (Å²) in [6.07, 6.45) is 2.36. The van der Waals surface area contributed by atoms with Crippen LogP contribution < -0.4 is 0 Å². The van der Waals surface area contributed by atoms with Crippen LogP contribution in [-0.2, 0) is 12.8 Å². The summed E-state index contributed by atoms with van der Waals surface area (Å²) in [5, 5.41) is 20.2. The van der Waals surface area contributed by atoms with Crippen molar-refractivity contribution in [3.05, 3.63) is 47.3 Å². The molecule has 0 atom stereocenters. The van der Waals surface area contributed by atoms with Gasteiger partial charge < -0.3 is 10.2 Å². The van der Waals surface area contributed by atoms with E-state index in [0.717, 1.165) is 29.5 Å². The lowest BCUT2D eigenvalue weighted by Crippen LogP contribution is -1.98. The van der Waals surface area contributed by atoms with Crippen molar-refractivity contribution in [3.63, 3.8) is 0 Å². The number of benzene rings is 2. The predicted octanol–water partition coefficient (Wildman–Crippen LogP) is 4.42. The Labute approximate surface area is 118 Å². The first kappa shape index (κ1) is 14.4. The molecule has 0 heterocycles. The number of halogens is 1. The van der Waals surface area contributed by atoms with E-state index in [9.17, 15) is 14.6 Å². The number of aromatic hydroxyl groups is 2. The largest absolute Gasteiger partial charge is 0.508 e. The predicted molar refractivity (Wildman–Crippen MR) is 78.5 cm³/mol. The van der Waals surface area contributed by atoms with Crippen molar-refractivity contribution in [2.75, 3.05) is 0 Å². The second-order valence-electron chi connectivity index (χ2n) is 4.86. The second-order valence-corrected chi connectivity index (χ2v) is 4.86. The van der Waals surface area contributed by atoms with Gasteiger partial charge in [-0.25, -0.2) is 4.39 Å². The van der Waals surface area contributed by atoms with Gasteiger partial charge in [0.25, 0.3) is 0 Å². The van der Waals surface area contributed by atoms with Gasteiger partial charge in [0.2, 0.25) is 0 Å². The summed E-state index contributed by atoms with van der Waals surface area (Å²) in [6.45, 7) is 4.03. The summed E-state index contributed by atoms with van der Waals surface area (Å²) in [6, 6.07) is 7.43.